The fourth-order valence-electron chi connectivity index (χ4n) is 3.75. The van der Waals surface area contributed by atoms with Gasteiger partial charge in [0.05, 0.1) is 24.2 Å². The Bertz CT molecular complexity index is 1010. The van der Waals surface area contributed by atoms with Gasteiger partial charge in [-0.1, -0.05) is 12.1 Å². The number of hydrogen-bond donors (Lipinski definition) is 1. The summed E-state index contributed by atoms with van der Waals surface area (Å²) < 4.78 is 7.29. The maximum absolute atomic E-state index is 6.12. The minimum Gasteiger partial charge on any atom is -0.497 e. The molecule has 0 bridgehead atoms. The van der Waals surface area contributed by atoms with E-state index in [4.69, 9.17) is 20.4 Å². The summed E-state index contributed by atoms with van der Waals surface area (Å²) in [5.41, 5.74) is 12.0. The number of methoxy groups -OCH3 is 1. The number of anilines is 1. The van der Waals surface area contributed by atoms with Crippen molar-refractivity contribution in [1.29, 1.82) is 0 Å². The van der Waals surface area contributed by atoms with E-state index in [9.17, 15) is 0 Å². The van der Waals surface area contributed by atoms with Crippen LogP contribution < -0.4 is 15.4 Å². The molecule has 4 rings (SSSR count). The van der Waals surface area contributed by atoms with Crippen LogP contribution in [0.5, 0.6) is 5.75 Å². The number of hydrogen-bond acceptors (Lipinski definition) is 6. The van der Waals surface area contributed by atoms with E-state index in [2.05, 4.69) is 16.9 Å². The highest BCUT2D eigenvalue weighted by Gasteiger charge is 2.24. The number of rotatable bonds is 4. The fraction of sp³-hybridized carbons (Fsp3) is 0.381. The van der Waals surface area contributed by atoms with Crippen molar-refractivity contribution in [2.75, 3.05) is 25.1 Å². The molecular weight excluding hydrogens is 352 g/mol. The van der Waals surface area contributed by atoms with Crippen LogP contribution in [-0.4, -0.2) is 46.0 Å². The van der Waals surface area contributed by atoms with Gasteiger partial charge in [-0.15, -0.1) is 0 Å². The predicted octanol–water partition coefficient (Wildman–Crippen LogP) is 2.71. The van der Waals surface area contributed by atoms with Gasteiger partial charge >= 0.3 is 0 Å². The molecular formula is C21H26N6O. The van der Waals surface area contributed by atoms with Gasteiger partial charge in [0, 0.05) is 43.0 Å². The van der Waals surface area contributed by atoms with Crippen LogP contribution >= 0.6 is 0 Å². The van der Waals surface area contributed by atoms with E-state index in [1.54, 1.807) is 7.11 Å². The molecule has 1 aromatic carbocycles. The van der Waals surface area contributed by atoms with Crippen LogP contribution in [0.1, 0.15) is 17.8 Å². The second-order valence-electron chi connectivity index (χ2n) is 7.33. The molecule has 3 aromatic rings. The molecule has 2 aromatic heterocycles. The molecule has 0 radical (unpaired) electrons. The van der Waals surface area contributed by atoms with Crippen LogP contribution in [-0.2, 0) is 7.05 Å². The summed E-state index contributed by atoms with van der Waals surface area (Å²) in [5, 5.41) is 4.56. The van der Waals surface area contributed by atoms with Gasteiger partial charge in [0.1, 0.15) is 5.75 Å². The first-order valence-corrected chi connectivity index (χ1v) is 9.51. The SMILES string of the molecule is COc1cccc(-c2cc(-c3c(C)nn(C)c3C)nc(N3CC[C@H](N)C3)n2)c1. The number of nitrogens with zero attached hydrogens (tertiary/aromatic N) is 5. The second-order valence-corrected chi connectivity index (χ2v) is 7.33. The number of benzene rings is 1. The molecule has 1 aliphatic rings. The van der Waals surface area contributed by atoms with Gasteiger partial charge in [0.15, 0.2) is 0 Å². The highest BCUT2D eigenvalue weighted by molar-refractivity contribution is 5.73. The highest BCUT2D eigenvalue weighted by atomic mass is 16.5. The molecule has 0 spiro atoms. The molecule has 0 amide bonds. The van der Waals surface area contributed by atoms with E-state index >= 15 is 0 Å². The van der Waals surface area contributed by atoms with Gasteiger partial charge < -0.3 is 15.4 Å². The average Bonchev–Trinajstić information content (AvgIpc) is 3.24. The van der Waals surface area contributed by atoms with Crippen LogP contribution in [0.15, 0.2) is 30.3 Å². The van der Waals surface area contributed by atoms with E-state index in [1.807, 2.05) is 49.0 Å². The van der Waals surface area contributed by atoms with Gasteiger partial charge in [-0.2, -0.15) is 5.10 Å². The van der Waals surface area contributed by atoms with Crippen molar-refractivity contribution in [1.82, 2.24) is 19.7 Å². The third-order valence-corrected chi connectivity index (χ3v) is 5.35. The van der Waals surface area contributed by atoms with Crippen molar-refractivity contribution in [2.24, 2.45) is 12.8 Å². The molecule has 1 atom stereocenters. The Morgan fingerprint density at radius 2 is 1.93 bits per heavy atom. The minimum atomic E-state index is 0.161. The smallest absolute Gasteiger partial charge is 0.226 e. The number of aromatic nitrogens is 4. The van der Waals surface area contributed by atoms with Crippen molar-refractivity contribution >= 4 is 5.95 Å². The lowest BCUT2D eigenvalue weighted by Crippen LogP contribution is -2.27. The van der Waals surface area contributed by atoms with E-state index in [1.165, 1.54) is 0 Å². The van der Waals surface area contributed by atoms with Gasteiger partial charge in [-0.3, -0.25) is 4.68 Å². The van der Waals surface area contributed by atoms with Crippen LogP contribution in [0.4, 0.5) is 5.95 Å². The van der Waals surface area contributed by atoms with Crippen LogP contribution in [0, 0.1) is 13.8 Å². The van der Waals surface area contributed by atoms with Gasteiger partial charge in [-0.05, 0) is 38.5 Å². The first-order chi connectivity index (χ1) is 13.5. The maximum Gasteiger partial charge on any atom is 0.226 e. The van der Waals surface area contributed by atoms with Crippen molar-refractivity contribution in [3.63, 3.8) is 0 Å². The van der Waals surface area contributed by atoms with E-state index in [0.29, 0.717) is 5.95 Å². The summed E-state index contributed by atoms with van der Waals surface area (Å²) >= 11 is 0. The third-order valence-electron chi connectivity index (χ3n) is 5.35. The van der Waals surface area contributed by atoms with Crippen LogP contribution in [0.3, 0.4) is 0 Å². The first kappa shape index (κ1) is 18.4. The Balaban J connectivity index is 1.88. The number of nitrogens with two attached hydrogens (primary N) is 1. The lowest BCUT2D eigenvalue weighted by molar-refractivity contribution is 0.415. The highest BCUT2D eigenvalue weighted by Crippen LogP contribution is 2.32. The molecule has 7 nitrogen and oxygen atoms in total. The summed E-state index contributed by atoms with van der Waals surface area (Å²) in [7, 11) is 3.63. The summed E-state index contributed by atoms with van der Waals surface area (Å²) in [4.78, 5) is 11.9. The number of aryl methyl sites for hydroxylation is 2. The summed E-state index contributed by atoms with van der Waals surface area (Å²) in [6.07, 6.45) is 0.951. The molecule has 1 aliphatic heterocycles. The zero-order chi connectivity index (χ0) is 19.8. The van der Waals surface area contributed by atoms with Gasteiger partial charge in [0.25, 0.3) is 0 Å². The molecule has 0 aliphatic carbocycles. The normalized spacial score (nSPS) is 16.6. The van der Waals surface area contributed by atoms with Gasteiger partial charge in [-0.25, -0.2) is 9.97 Å². The summed E-state index contributed by atoms with van der Waals surface area (Å²) in [6, 6.07) is 10.1. The molecule has 1 saturated heterocycles. The molecule has 146 valence electrons. The molecule has 7 heteroatoms. The summed E-state index contributed by atoms with van der Waals surface area (Å²) in [5.74, 6) is 1.52. The van der Waals surface area contributed by atoms with E-state index in [-0.39, 0.29) is 6.04 Å². The zero-order valence-electron chi connectivity index (χ0n) is 16.8. The van der Waals surface area contributed by atoms with Crippen LogP contribution in [0.2, 0.25) is 0 Å². The molecule has 0 unspecified atom stereocenters. The first-order valence-electron chi connectivity index (χ1n) is 9.51. The Labute approximate surface area is 165 Å². The monoisotopic (exact) mass is 378 g/mol. The number of ether oxygens (including phenoxy) is 1. The Morgan fingerprint density at radius 1 is 1.14 bits per heavy atom. The van der Waals surface area contributed by atoms with E-state index in [0.717, 1.165) is 59.2 Å². The Kier molecular flexibility index (Phi) is 4.77. The quantitative estimate of drug-likeness (QED) is 0.752. The maximum atomic E-state index is 6.12. The topological polar surface area (TPSA) is 82.1 Å². The standard InChI is InChI=1S/C21H26N6O/c1-13-20(14(2)26(3)25-13)19-11-18(15-6-5-7-17(10-15)28-4)23-21(24-19)27-9-8-16(22)12-27/h5-7,10-11,16H,8-9,12,22H2,1-4H3/t16-/m0/s1. The second kappa shape index (κ2) is 7.24. The predicted molar refractivity (Wildman–Crippen MR) is 111 cm³/mol. The van der Waals surface area contributed by atoms with Gasteiger partial charge in [0.2, 0.25) is 5.95 Å². The lowest BCUT2D eigenvalue weighted by atomic mass is 10.1. The largest absolute Gasteiger partial charge is 0.497 e. The van der Waals surface area contributed by atoms with E-state index < -0.39 is 0 Å². The Hall–Kier alpha value is -2.93. The van der Waals surface area contributed by atoms with Crippen molar-refractivity contribution in [2.45, 2.75) is 26.3 Å². The molecule has 28 heavy (non-hydrogen) atoms. The minimum absolute atomic E-state index is 0.161. The Morgan fingerprint density at radius 3 is 2.57 bits per heavy atom. The van der Waals surface area contributed by atoms with Crippen LogP contribution in [0.25, 0.3) is 22.5 Å². The van der Waals surface area contributed by atoms with Crippen molar-refractivity contribution in [3.8, 4) is 28.3 Å². The average molecular weight is 378 g/mol. The fourth-order valence-corrected chi connectivity index (χ4v) is 3.75. The lowest BCUT2D eigenvalue weighted by Gasteiger charge is -2.18. The molecule has 2 N–H and O–H groups in total. The van der Waals surface area contributed by atoms with Crippen molar-refractivity contribution in [3.05, 3.63) is 41.7 Å². The zero-order valence-corrected chi connectivity index (χ0v) is 16.8. The summed E-state index contributed by atoms with van der Waals surface area (Å²) in [6.45, 7) is 5.72. The van der Waals surface area contributed by atoms with Crippen molar-refractivity contribution < 1.29 is 4.74 Å². The molecule has 1 fully saturated rings. The third kappa shape index (κ3) is 3.33. The molecule has 3 heterocycles. The molecule has 0 saturated carbocycles.